The SMILES string of the molecule is CCCCCCCCCOC[C@@H](O)CCl. The number of aliphatic hydroxyl groups excluding tert-OH is 1. The van der Waals surface area contributed by atoms with E-state index in [1.165, 1.54) is 38.5 Å². The Bertz CT molecular complexity index is 120. The normalized spacial score (nSPS) is 13.0. The van der Waals surface area contributed by atoms with Crippen LogP contribution < -0.4 is 0 Å². The van der Waals surface area contributed by atoms with Gasteiger partial charge >= 0.3 is 0 Å². The third-order valence-corrected chi connectivity index (χ3v) is 2.74. The van der Waals surface area contributed by atoms with Crippen molar-refractivity contribution >= 4 is 11.6 Å². The third-order valence-electron chi connectivity index (χ3n) is 2.38. The van der Waals surface area contributed by atoms with Crippen LogP contribution in [0, 0.1) is 0 Å². The maximum atomic E-state index is 9.10. The summed E-state index contributed by atoms with van der Waals surface area (Å²) < 4.78 is 5.28. The van der Waals surface area contributed by atoms with Crippen molar-refractivity contribution in [3.63, 3.8) is 0 Å². The van der Waals surface area contributed by atoms with Gasteiger partial charge in [0.15, 0.2) is 0 Å². The molecule has 0 aliphatic rings. The van der Waals surface area contributed by atoms with E-state index in [-0.39, 0.29) is 5.88 Å². The molecule has 15 heavy (non-hydrogen) atoms. The molecule has 0 bridgehead atoms. The summed E-state index contributed by atoms with van der Waals surface area (Å²) in [4.78, 5) is 0. The molecule has 0 saturated carbocycles. The van der Waals surface area contributed by atoms with Crippen LogP contribution in [0.5, 0.6) is 0 Å². The Labute approximate surface area is 99.0 Å². The maximum Gasteiger partial charge on any atom is 0.0908 e. The van der Waals surface area contributed by atoms with Crippen LogP contribution in [0.2, 0.25) is 0 Å². The van der Waals surface area contributed by atoms with Gasteiger partial charge in [-0.15, -0.1) is 11.6 Å². The lowest BCUT2D eigenvalue weighted by atomic mass is 10.1. The van der Waals surface area contributed by atoms with Crippen molar-refractivity contribution in [2.75, 3.05) is 19.1 Å². The summed E-state index contributed by atoms with van der Waals surface area (Å²) in [6.45, 7) is 3.36. The lowest BCUT2D eigenvalue weighted by Crippen LogP contribution is -2.17. The first kappa shape index (κ1) is 15.2. The Morgan fingerprint density at radius 2 is 1.67 bits per heavy atom. The van der Waals surface area contributed by atoms with Crippen molar-refractivity contribution in [1.29, 1.82) is 0 Å². The van der Waals surface area contributed by atoms with E-state index in [2.05, 4.69) is 6.92 Å². The fourth-order valence-corrected chi connectivity index (χ4v) is 1.51. The predicted molar refractivity (Wildman–Crippen MR) is 65.5 cm³/mol. The summed E-state index contributed by atoms with van der Waals surface area (Å²) in [5.41, 5.74) is 0. The summed E-state index contributed by atoms with van der Waals surface area (Å²) in [7, 11) is 0. The van der Waals surface area contributed by atoms with E-state index in [9.17, 15) is 0 Å². The first-order valence-corrected chi connectivity index (χ1v) is 6.66. The van der Waals surface area contributed by atoms with Gasteiger partial charge in [-0.3, -0.25) is 0 Å². The largest absolute Gasteiger partial charge is 0.389 e. The highest BCUT2D eigenvalue weighted by atomic mass is 35.5. The third kappa shape index (κ3) is 12.1. The van der Waals surface area contributed by atoms with Crippen LogP contribution in [0.15, 0.2) is 0 Å². The molecule has 2 nitrogen and oxygen atoms in total. The molecule has 0 aromatic carbocycles. The highest BCUT2D eigenvalue weighted by molar-refractivity contribution is 6.18. The molecule has 0 spiro atoms. The number of halogens is 1. The predicted octanol–water partition coefficient (Wildman–Crippen LogP) is 3.35. The lowest BCUT2D eigenvalue weighted by molar-refractivity contribution is 0.0461. The van der Waals surface area contributed by atoms with Gasteiger partial charge < -0.3 is 9.84 Å². The molecule has 3 heteroatoms. The van der Waals surface area contributed by atoms with Crippen LogP contribution in [0.3, 0.4) is 0 Å². The molecule has 1 N–H and O–H groups in total. The summed E-state index contributed by atoms with van der Waals surface area (Å²) in [5.74, 6) is 0.261. The van der Waals surface area contributed by atoms with Crippen molar-refractivity contribution in [3.8, 4) is 0 Å². The van der Waals surface area contributed by atoms with Gasteiger partial charge in [0.2, 0.25) is 0 Å². The molecule has 0 aromatic heterocycles. The van der Waals surface area contributed by atoms with Crippen molar-refractivity contribution in [2.45, 2.75) is 58.0 Å². The Balaban J connectivity index is 2.92. The van der Waals surface area contributed by atoms with Crippen molar-refractivity contribution < 1.29 is 9.84 Å². The number of hydrogen-bond donors (Lipinski definition) is 1. The molecule has 0 aliphatic carbocycles. The molecule has 0 unspecified atom stereocenters. The van der Waals surface area contributed by atoms with Gasteiger partial charge in [0.1, 0.15) is 0 Å². The smallest absolute Gasteiger partial charge is 0.0908 e. The summed E-state index contributed by atoms with van der Waals surface area (Å²) in [6, 6.07) is 0. The van der Waals surface area contributed by atoms with Crippen LogP contribution in [-0.4, -0.2) is 30.3 Å². The van der Waals surface area contributed by atoms with Crippen molar-refractivity contribution in [3.05, 3.63) is 0 Å². The topological polar surface area (TPSA) is 29.5 Å². The summed E-state index contributed by atoms with van der Waals surface area (Å²) in [6.07, 6.45) is 8.51. The molecule has 1 atom stereocenters. The maximum absolute atomic E-state index is 9.10. The first-order valence-electron chi connectivity index (χ1n) is 6.13. The average Bonchev–Trinajstić information content (AvgIpc) is 2.26. The highest BCUT2D eigenvalue weighted by Crippen LogP contribution is 2.06. The van der Waals surface area contributed by atoms with E-state index < -0.39 is 6.10 Å². The van der Waals surface area contributed by atoms with Gasteiger partial charge in [-0.05, 0) is 6.42 Å². The van der Waals surface area contributed by atoms with Crippen LogP contribution in [0.1, 0.15) is 51.9 Å². The fraction of sp³-hybridized carbons (Fsp3) is 1.00. The van der Waals surface area contributed by atoms with Gasteiger partial charge in [0.05, 0.1) is 18.6 Å². The van der Waals surface area contributed by atoms with Crippen molar-refractivity contribution in [2.24, 2.45) is 0 Å². The van der Waals surface area contributed by atoms with Crippen LogP contribution in [-0.2, 0) is 4.74 Å². The number of rotatable bonds is 11. The summed E-state index contributed by atoms with van der Waals surface area (Å²) >= 11 is 5.43. The van der Waals surface area contributed by atoms with Crippen LogP contribution >= 0.6 is 11.6 Å². The van der Waals surface area contributed by atoms with Gasteiger partial charge in [0, 0.05) is 6.61 Å². The van der Waals surface area contributed by atoms with Gasteiger partial charge in [-0.25, -0.2) is 0 Å². The van der Waals surface area contributed by atoms with E-state index in [4.69, 9.17) is 21.4 Å². The molecule has 0 aromatic rings. The molecule has 0 aliphatic heterocycles. The molecule has 0 amide bonds. The second-order valence-electron chi connectivity index (χ2n) is 4.00. The van der Waals surface area contributed by atoms with Gasteiger partial charge in [-0.1, -0.05) is 45.4 Å². The molecular formula is C12H25ClO2. The Hall–Kier alpha value is 0.210. The van der Waals surface area contributed by atoms with E-state index in [0.717, 1.165) is 13.0 Å². The zero-order valence-corrected chi connectivity index (χ0v) is 10.6. The zero-order valence-electron chi connectivity index (χ0n) is 9.88. The number of hydrogen-bond acceptors (Lipinski definition) is 2. The van der Waals surface area contributed by atoms with Gasteiger partial charge in [0.25, 0.3) is 0 Å². The highest BCUT2D eigenvalue weighted by Gasteiger charge is 2.00. The molecule has 0 saturated heterocycles. The minimum atomic E-state index is -0.503. The van der Waals surface area contributed by atoms with E-state index >= 15 is 0 Å². The standard InChI is InChI=1S/C12H25ClO2/c1-2-3-4-5-6-7-8-9-15-11-12(14)10-13/h12,14H,2-11H2,1H3/t12-/m0/s1. The molecule has 0 rings (SSSR count). The Morgan fingerprint density at radius 3 is 2.27 bits per heavy atom. The minimum absolute atomic E-state index is 0.261. The first-order chi connectivity index (χ1) is 7.31. The molecular weight excluding hydrogens is 212 g/mol. The molecule has 92 valence electrons. The second kappa shape index (κ2) is 12.3. The summed E-state index contributed by atoms with van der Waals surface area (Å²) in [5, 5.41) is 9.10. The van der Waals surface area contributed by atoms with Crippen molar-refractivity contribution in [1.82, 2.24) is 0 Å². The molecule has 0 heterocycles. The molecule has 0 fully saturated rings. The van der Waals surface area contributed by atoms with E-state index in [0.29, 0.717) is 6.61 Å². The number of alkyl halides is 1. The van der Waals surface area contributed by atoms with E-state index in [1.54, 1.807) is 0 Å². The zero-order chi connectivity index (χ0) is 11.4. The van der Waals surface area contributed by atoms with Crippen LogP contribution in [0.25, 0.3) is 0 Å². The monoisotopic (exact) mass is 236 g/mol. The Kier molecular flexibility index (Phi) is 12.5. The average molecular weight is 237 g/mol. The molecule has 0 radical (unpaired) electrons. The fourth-order valence-electron chi connectivity index (χ4n) is 1.43. The van der Waals surface area contributed by atoms with Gasteiger partial charge in [-0.2, -0.15) is 0 Å². The Morgan fingerprint density at radius 1 is 1.07 bits per heavy atom. The quantitative estimate of drug-likeness (QED) is 0.440. The van der Waals surface area contributed by atoms with E-state index in [1.807, 2.05) is 0 Å². The number of ether oxygens (including phenoxy) is 1. The number of unbranched alkanes of at least 4 members (excludes halogenated alkanes) is 6. The second-order valence-corrected chi connectivity index (χ2v) is 4.31. The number of aliphatic hydroxyl groups is 1. The lowest BCUT2D eigenvalue weighted by Gasteiger charge is -2.07. The van der Waals surface area contributed by atoms with Crippen LogP contribution in [0.4, 0.5) is 0 Å². The minimum Gasteiger partial charge on any atom is -0.389 e.